The molecule has 1 atom stereocenters. The van der Waals surface area contributed by atoms with Gasteiger partial charge in [-0.05, 0) is 18.2 Å². The summed E-state index contributed by atoms with van der Waals surface area (Å²) in [6, 6.07) is 13.7. The molecule has 1 aliphatic rings. The molecule has 0 unspecified atom stereocenters. The number of aliphatic hydroxyl groups excluding tert-OH is 1. The molecule has 2 aromatic carbocycles. The van der Waals surface area contributed by atoms with Crippen LogP contribution in [0.2, 0.25) is 10.0 Å². The third-order valence-corrected chi connectivity index (χ3v) is 4.77. The highest BCUT2D eigenvalue weighted by molar-refractivity contribution is 6.34. The van der Waals surface area contributed by atoms with E-state index < -0.39 is 12.0 Å². The summed E-state index contributed by atoms with van der Waals surface area (Å²) in [6.45, 7) is 0.492. The van der Waals surface area contributed by atoms with E-state index in [0.29, 0.717) is 34.4 Å². The average Bonchev–Trinajstić information content (AvgIpc) is 2.61. The lowest BCUT2D eigenvalue weighted by atomic mass is 10.1. The minimum atomic E-state index is -1.40. The van der Waals surface area contributed by atoms with Gasteiger partial charge in [0.05, 0.1) is 10.7 Å². The summed E-state index contributed by atoms with van der Waals surface area (Å²) >= 11 is 12.2. The van der Waals surface area contributed by atoms with E-state index in [1.54, 1.807) is 53.4 Å². The Morgan fingerprint density at radius 1 is 1.00 bits per heavy atom. The van der Waals surface area contributed by atoms with Crippen molar-refractivity contribution in [3.05, 3.63) is 64.1 Å². The first kappa shape index (κ1) is 17.7. The topological polar surface area (TPSA) is 60.9 Å². The Morgan fingerprint density at radius 3 is 2.28 bits per heavy atom. The molecule has 0 spiro atoms. The molecule has 2 amide bonds. The number of anilines is 1. The van der Waals surface area contributed by atoms with Crippen LogP contribution < -0.4 is 4.90 Å². The van der Waals surface area contributed by atoms with Crippen molar-refractivity contribution < 1.29 is 14.7 Å². The normalized spacial score (nSPS) is 16.0. The second-order valence-corrected chi connectivity index (χ2v) is 6.50. The molecule has 0 aliphatic carbocycles. The first-order valence-corrected chi connectivity index (χ1v) is 8.51. The Hall–Kier alpha value is -2.08. The van der Waals surface area contributed by atoms with Crippen molar-refractivity contribution in [3.8, 4) is 0 Å². The van der Waals surface area contributed by atoms with E-state index in [1.165, 1.54) is 4.90 Å². The lowest BCUT2D eigenvalue weighted by molar-refractivity contribution is -0.144. The van der Waals surface area contributed by atoms with Gasteiger partial charge in [-0.15, -0.1) is 0 Å². The summed E-state index contributed by atoms with van der Waals surface area (Å²) in [5, 5.41) is 11.1. The van der Waals surface area contributed by atoms with Crippen LogP contribution in [-0.4, -0.2) is 41.5 Å². The smallest absolute Gasteiger partial charge is 0.256 e. The number of para-hydroxylation sites is 1. The molecule has 0 saturated carbocycles. The van der Waals surface area contributed by atoms with Crippen LogP contribution in [0.1, 0.15) is 11.7 Å². The van der Waals surface area contributed by atoms with Crippen molar-refractivity contribution in [2.24, 2.45) is 0 Å². The number of hydrogen-bond donors (Lipinski definition) is 1. The van der Waals surface area contributed by atoms with Gasteiger partial charge in [0.15, 0.2) is 6.10 Å². The van der Waals surface area contributed by atoms with Crippen LogP contribution in [0.3, 0.4) is 0 Å². The zero-order chi connectivity index (χ0) is 18.0. The van der Waals surface area contributed by atoms with Crippen LogP contribution in [0.15, 0.2) is 48.5 Å². The van der Waals surface area contributed by atoms with Gasteiger partial charge in [0, 0.05) is 23.7 Å². The minimum Gasteiger partial charge on any atom is -0.378 e. The third kappa shape index (κ3) is 3.63. The molecule has 7 heteroatoms. The largest absolute Gasteiger partial charge is 0.378 e. The third-order valence-electron chi connectivity index (χ3n) is 4.11. The number of carbonyl (C=O) groups is 2. The number of piperazine rings is 1. The first-order chi connectivity index (χ1) is 12.0. The van der Waals surface area contributed by atoms with Crippen LogP contribution in [0, 0.1) is 0 Å². The van der Waals surface area contributed by atoms with Gasteiger partial charge < -0.3 is 14.9 Å². The predicted octanol–water partition coefficient (Wildman–Crippen LogP) is 2.90. The van der Waals surface area contributed by atoms with Crippen molar-refractivity contribution in [2.75, 3.05) is 24.5 Å². The van der Waals surface area contributed by atoms with Gasteiger partial charge in [-0.25, -0.2) is 0 Å². The number of halogens is 2. The van der Waals surface area contributed by atoms with Gasteiger partial charge in [-0.3, -0.25) is 9.59 Å². The summed E-state index contributed by atoms with van der Waals surface area (Å²) in [6.07, 6.45) is -1.40. The molecule has 5 nitrogen and oxygen atoms in total. The van der Waals surface area contributed by atoms with Crippen LogP contribution in [0.4, 0.5) is 5.69 Å². The highest BCUT2D eigenvalue weighted by Crippen LogP contribution is 2.28. The SMILES string of the molecule is O=C([C@H](O)c1ccccc1Cl)N1CCN(c2ccccc2Cl)C(=O)C1. The number of rotatable bonds is 3. The lowest BCUT2D eigenvalue weighted by Gasteiger charge is -2.35. The molecule has 2 aromatic rings. The molecule has 0 bridgehead atoms. The number of hydrogen-bond acceptors (Lipinski definition) is 3. The fourth-order valence-corrected chi connectivity index (χ4v) is 3.27. The summed E-state index contributed by atoms with van der Waals surface area (Å²) in [5.74, 6) is -0.792. The number of amides is 2. The van der Waals surface area contributed by atoms with E-state index in [1.807, 2.05) is 0 Å². The number of benzene rings is 2. The van der Waals surface area contributed by atoms with Crippen molar-refractivity contribution in [3.63, 3.8) is 0 Å². The molecule has 1 aliphatic heterocycles. The molecule has 1 heterocycles. The quantitative estimate of drug-likeness (QED) is 0.892. The first-order valence-electron chi connectivity index (χ1n) is 7.75. The van der Waals surface area contributed by atoms with E-state index in [2.05, 4.69) is 0 Å². The second-order valence-electron chi connectivity index (χ2n) is 5.68. The molecule has 0 aromatic heterocycles. The Bertz CT molecular complexity index is 812. The second kappa shape index (κ2) is 7.44. The van der Waals surface area contributed by atoms with E-state index in [9.17, 15) is 14.7 Å². The average molecular weight is 379 g/mol. The molecular formula is C18H16Cl2N2O3. The summed E-state index contributed by atoms with van der Waals surface area (Å²) in [5.41, 5.74) is 0.947. The lowest BCUT2D eigenvalue weighted by Crippen LogP contribution is -2.53. The number of nitrogens with zero attached hydrogens (tertiary/aromatic N) is 2. The Kier molecular flexibility index (Phi) is 5.27. The van der Waals surface area contributed by atoms with E-state index in [-0.39, 0.29) is 12.5 Å². The van der Waals surface area contributed by atoms with Gasteiger partial charge in [0.25, 0.3) is 5.91 Å². The van der Waals surface area contributed by atoms with Crippen molar-refractivity contribution in [1.82, 2.24) is 4.90 Å². The van der Waals surface area contributed by atoms with Gasteiger partial charge >= 0.3 is 0 Å². The van der Waals surface area contributed by atoms with E-state index >= 15 is 0 Å². The summed E-state index contributed by atoms with van der Waals surface area (Å²) < 4.78 is 0. The molecule has 25 heavy (non-hydrogen) atoms. The maximum Gasteiger partial charge on any atom is 0.256 e. The van der Waals surface area contributed by atoms with Crippen LogP contribution in [-0.2, 0) is 9.59 Å². The van der Waals surface area contributed by atoms with Gasteiger partial charge in [-0.2, -0.15) is 0 Å². The number of carbonyl (C=O) groups excluding carboxylic acids is 2. The van der Waals surface area contributed by atoms with Crippen LogP contribution >= 0.6 is 23.2 Å². The minimum absolute atomic E-state index is 0.119. The standard InChI is InChI=1S/C18H16Cl2N2O3/c19-13-6-2-1-5-12(13)17(24)18(25)21-9-10-22(16(23)11-21)15-8-4-3-7-14(15)20/h1-8,17,24H,9-11H2/t17-/m1/s1. The van der Waals surface area contributed by atoms with Crippen LogP contribution in [0.5, 0.6) is 0 Å². The van der Waals surface area contributed by atoms with E-state index in [4.69, 9.17) is 23.2 Å². The summed E-state index contributed by atoms with van der Waals surface area (Å²) in [4.78, 5) is 27.9. The van der Waals surface area contributed by atoms with Crippen molar-refractivity contribution in [1.29, 1.82) is 0 Å². The Labute approximate surface area is 155 Å². The maximum atomic E-state index is 12.5. The molecule has 130 valence electrons. The number of aliphatic hydroxyl groups is 1. The molecule has 3 rings (SSSR count). The molecular weight excluding hydrogens is 363 g/mol. The fourth-order valence-electron chi connectivity index (χ4n) is 2.79. The molecule has 1 fully saturated rings. The highest BCUT2D eigenvalue weighted by Gasteiger charge is 2.32. The zero-order valence-corrected chi connectivity index (χ0v) is 14.7. The van der Waals surface area contributed by atoms with Gasteiger partial charge in [-0.1, -0.05) is 53.5 Å². The van der Waals surface area contributed by atoms with Gasteiger partial charge in [0.2, 0.25) is 5.91 Å². The molecule has 1 saturated heterocycles. The maximum absolute atomic E-state index is 12.5. The fraction of sp³-hybridized carbons (Fsp3) is 0.222. The van der Waals surface area contributed by atoms with Gasteiger partial charge in [0.1, 0.15) is 6.54 Å². The van der Waals surface area contributed by atoms with Crippen molar-refractivity contribution in [2.45, 2.75) is 6.10 Å². The predicted molar refractivity (Wildman–Crippen MR) is 96.8 cm³/mol. The highest BCUT2D eigenvalue weighted by atomic mass is 35.5. The van der Waals surface area contributed by atoms with E-state index in [0.717, 1.165) is 0 Å². The zero-order valence-electron chi connectivity index (χ0n) is 13.2. The molecule has 0 radical (unpaired) electrons. The van der Waals surface area contributed by atoms with Crippen LogP contribution in [0.25, 0.3) is 0 Å². The summed E-state index contributed by atoms with van der Waals surface area (Å²) in [7, 11) is 0. The Balaban J connectivity index is 1.73. The van der Waals surface area contributed by atoms with Crippen molar-refractivity contribution >= 4 is 40.7 Å². The molecule has 1 N–H and O–H groups in total. The Morgan fingerprint density at radius 2 is 1.64 bits per heavy atom. The monoisotopic (exact) mass is 378 g/mol.